The van der Waals surface area contributed by atoms with Crippen molar-refractivity contribution in [3.63, 3.8) is 0 Å². The predicted octanol–water partition coefficient (Wildman–Crippen LogP) is 4.78. The Labute approximate surface area is 192 Å². The first kappa shape index (κ1) is 22.1. The van der Waals surface area contributed by atoms with Crippen molar-refractivity contribution in [1.29, 1.82) is 0 Å². The van der Waals surface area contributed by atoms with Gasteiger partial charge in [-0.15, -0.1) is 0 Å². The molecule has 0 saturated carbocycles. The Morgan fingerprint density at radius 1 is 0.906 bits per heavy atom. The summed E-state index contributed by atoms with van der Waals surface area (Å²) in [5, 5.41) is 16.3. The fourth-order valence-corrected chi connectivity index (χ4v) is 5.14. The van der Waals surface area contributed by atoms with Crippen molar-refractivity contribution in [2.75, 3.05) is 23.7 Å². The van der Waals surface area contributed by atoms with Crippen molar-refractivity contribution in [2.24, 2.45) is 0 Å². The summed E-state index contributed by atoms with van der Waals surface area (Å²) < 4.78 is 32.8. The van der Waals surface area contributed by atoms with Crippen LogP contribution >= 0.6 is 12.2 Å². The molecular weight excluding hydrogens is 446 g/mol. The molecule has 9 heteroatoms. The van der Waals surface area contributed by atoms with E-state index < -0.39 is 10.0 Å². The zero-order chi connectivity index (χ0) is 22.6. The van der Waals surface area contributed by atoms with Crippen LogP contribution in [0.3, 0.4) is 0 Å². The molecule has 0 amide bonds. The highest BCUT2D eigenvalue weighted by Gasteiger charge is 2.27. The molecule has 1 aliphatic heterocycles. The van der Waals surface area contributed by atoms with Gasteiger partial charge in [-0.2, -0.15) is 4.31 Å². The first-order valence-corrected chi connectivity index (χ1v) is 12.0. The van der Waals surface area contributed by atoms with Crippen LogP contribution in [-0.2, 0) is 10.0 Å². The summed E-state index contributed by atoms with van der Waals surface area (Å²) in [5.74, 6) is 1.32. The molecule has 1 fully saturated rings. The van der Waals surface area contributed by atoms with E-state index >= 15 is 0 Å². The second-order valence-corrected chi connectivity index (χ2v) is 9.65. The van der Waals surface area contributed by atoms with Crippen LogP contribution in [0.2, 0.25) is 0 Å². The van der Waals surface area contributed by atoms with Gasteiger partial charge in [0.2, 0.25) is 10.0 Å². The second kappa shape index (κ2) is 9.56. The van der Waals surface area contributed by atoms with Gasteiger partial charge >= 0.3 is 0 Å². The number of phenolic OH excluding ortho intramolecular Hbond substituents is 1. The third kappa shape index (κ3) is 5.18. The van der Waals surface area contributed by atoms with Crippen LogP contribution in [0.4, 0.5) is 11.4 Å². The molecular formula is C23H23N3O4S2. The van der Waals surface area contributed by atoms with Gasteiger partial charge in [0.15, 0.2) is 5.11 Å². The molecule has 0 bridgehead atoms. The highest BCUT2D eigenvalue weighted by molar-refractivity contribution is 7.89. The predicted molar refractivity (Wildman–Crippen MR) is 129 cm³/mol. The Morgan fingerprint density at radius 2 is 1.56 bits per heavy atom. The molecule has 0 aliphatic carbocycles. The lowest BCUT2D eigenvalue weighted by atomic mass is 10.3. The number of hydrogen-bond donors (Lipinski definition) is 3. The molecule has 1 aliphatic rings. The Kier molecular flexibility index (Phi) is 6.59. The van der Waals surface area contributed by atoms with E-state index in [1.807, 2.05) is 30.3 Å². The number of para-hydroxylation sites is 1. The molecule has 166 valence electrons. The van der Waals surface area contributed by atoms with Crippen LogP contribution in [0.5, 0.6) is 17.2 Å². The Morgan fingerprint density at radius 3 is 2.25 bits per heavy atom. The smallest absolute Gasteiger partial charge is 0.243 e. The molecule has 3 N–H and O–H groups in total. The lowest BCUT2D eigenvalue weighted by molar-refractivity contribution is 0.473. The number of rotatable bonds is 6. The molecule has 0 atom stereocenters. The Hall–Kier alpha value is -3.14. The summed E-state index contributed by atoms with van der Waals surface area (Å²) in [6, 6.07) is 20.8. The average Bonchev–Trinajstić information content (AvgIpc) is 3.33. The molecule has 32 heavy (non-hydrogen) atoms. The van der Waals surface area contributed by atoms with Crippen molar-refractivity contribution < 1.29 is 18.3 Å². The summed E-state index contributed by atoms with van der Waals surface area (Å²) in [5.41, 5.74) is 0.926. The minimum atomic E-state index is -3.60. The fourth-order valence-electron chi connectivity index (χ4n) is 3.37. The first-order chi connectivity index (χ1) is 15.4. The normalized spacial score (nSPS) is 14.1. The molecule has 7 nitrogen and oxygen atoms in total. The number of sulfonamides is 1. The van der Waals surface area contributed by atoms with E-state index in [0.29, 0.717) is 24.5 Å². The van der Waals surface area contributed by atoms with Crippen molar-refractivity contribution in [1.82, 2.24) is 4.31 Å². The molecule has 0 radical (unpaired) electrons. The van der Waals surface area contributed by atoms with E-state index in [2.05, 4.69) is 10.6 Å². The van der Waals surface area contributed by atoms with Gasteiger partial charge in [-0.3, -0.25) is 0 Å². The fraction of sp³-hybridized carbons (Fsp3) is 0.174. The van der Waals surface area contributed by atoms with E-state index in [1.165, 1.54) is 22.5 Å². The van der Waals surface area contributed by atoms with E-state index in [9.17, 15) is 13.5 Å². The van der Waals surface area contributed by atoms with Crippen LogP contribution in [0.1, 0.15) is 12.8 Å². The van der Waals surface area contributed by atoms with Crippen LogP contribution < -0.4 is 15.4 Å². The Bertz CT molecular complexity index is 1190. The standard InChI is InChI=1S/C23H23N3O4S2/c27-22-13-12-20(32(28,29)26-14-4-5-15-26)16-21(22)25-23(31)24-17-8-10-19(11-9-17)30-18-6-2-1-3-7-18/h1-3,6-13,16,27H,4-5,14-15H2,(H2,24,25,31). The second-order valence-electron chi connectivity index (χ2n) is 7.31. The number of ether oxygens (including phenoxy) is 1. The van der Waals surface area contributed by atoms with Gasteiger partial charge in [0.05, 0.1) is 10.6 Å². The minimum absolute atomic E-state index is 0.0962. The number of anilines is 2. The molecule has 0 aromatic heterocycles. The van der Waals surface area contributed by atoms with Gasteiger partial charge in [0.25, 0.3) is 0 Å². The monoisotopic (exact) mass is 469 g/mol. The third-order valence-corrected chi connectivity index (χ3v) is 7.11. The van der Waals surface area contributed by atoms with Gasteiger partial charge in [0.1, 0.15) is 17.2 Å². The van der Waals surface area contributed by atoms with Gasteiger partial charge < -0.3 is 20.5 Å². The van der Waals surface area contributed by atoms with E-state index in [4.69, 9.17) is 17.0 Å². The third-order valence-electron chi connectivity index (χ3n) is 5.01. The average molecular weight is 470 g/mol. The van der Waals surface area contributed by atoms with Crippen LogP contribution in [0, 0.1) is 0 Å². The van der Waals surface area contributed by atoms with Gasteiger partial charge in [-0.1, -0.05) is 18.2 Å². The zero-order valence-corrected chi connectivity index (χ0v) is 18.8. The first-order valence-electron chi connectivity index (χ1n) is 10.2. The number of aromatic hydroxyl groups is 1. The maximum Gasteiger partial charge on any atom is 0.243 e. The SMILES string of the molecule is O=S(=O)(c1ccc(O)c(NC(=S)Nc2ccc(Oc3ccccc3)cc2)c1)N1CCCC1. The number of nitrogens with zero attached hydrogens (tertiary/aromatic N) is 1. The number of nitrogens with one attached hydrogen (secondary N) is 2. The van der Waals surface area contributed by atoms with Crippen molar-refractivity contribution >= 4 is 38.7 Å². The van der Waals surface area contributed by atoms with E-state index in [0.717, 1.165) is 18.6 Å². The van der Waals surface area contributed by atoms with Crippen molar-refractivity contribution in [2.45, 2.75) is 17.7 Å². The highest BCUT2D eigenvalue weighted by Crippen LogP contribution is 2.29. The van der Waals surface area contributed by atoms with Gasteiger partial charge in [-0.25, -0.2) is 8.42 Å². The summed E-state index contributed by atoms with van der Waals surface area (Å²) in [4.78, 5) is 0.116. The zero-order valence-electron chi connectivity index (χ0n) is 17.2. The lowest BCUT2D eigenvalue weighted by Crippen LogP contribution is -2.28. The number of phenols is 1. The van der Waals surface area contributed by atoms with Crippen molar-refractivity contribution in [3.8, 4) is 17.2 Å². The number of thiocarbonyl (C=S) groups is 1. The van der Waals surface area contributed by atoms with E-state index in [-0.39, 0.29) is 21.4 Å². The molecule has 1 heterocycles. The molecule has 1 saturated heterocycles. The number of hydrogen-bond acceptors (Lipinski definition) is 5. The van der Waals surface area contributed by atoms with Crippen LogP contribution in [-0.4, -0.2) is 36.0 Å². The largest absolute Gasteiger partial charge is 0.506 e. The maximum absolute atomic E-state index is 12.8. The topological polar surface area (TPSA) is 90.9 Å². The summed E-state index contributed by atoms with van der Waals surface area (Å²) in [7, 11) is -3.60. The summed E-state index contributed by atoms with van der Waals surface area (Å²) in [6.07, 6.45) is 1.71. The summed E-state index contributed by atoms with van der Waals surface area (Å²) >= 11 is 5.33. The van der Waals surface area contributed by atoms with Gasteiger partial charge in [-0.05, 0) is 79.7 Å². The quantitative estimate of drug-likeness (QED) is 0.354. The van der Waals surface area contributed by atoms with Crippen LogP contribution in [0.15, 0.2) is 77.7 Å². The van der Waals surface area contributed by atoms with Crippen molar-refractivity contribution in [3.05, 3.63) is 72.8 Å². The Balaban J connectivity index is 1.41. The molecule has 3 aromatic carbocycles. The summed E-state index contributed by atoms with van der Waals surface area (Å²) in [6.45, 7) is 1.02. The maximum atomic E-state index is 12.8. The van der Waals surface area contributed by atoms with Crippen LogP contribution in [0.25, 0.3) is 0 Å². The lowest BCUT2D eigenvalue weighted by Gasteiger charge is -2.17. The molecule has 4 rings (SSSR count). The molecule has 0 unspecified atom stereocenters. The van der Waals surface area contributed by atoms with E-state index in [1.54, 1.807) is 24.3 Å². The highest BCUT2D eigenvalue weighted by atomic mass is 32.2. The molecule has 0 spiro atoms. The molecule has 3 aromatic rings. The minimum Gasteiger partial charge on any atom is -0.506 e. The number of benzene rings is 3. The van der Waals surface area contributed by atoms with Gasteiger partial charge in [0, 0.05) is 18.8 Å².